The van der Waals surface area contributed by atoms with Crippen molar-refractivity contribution in [1.29, 1.82) is 0 Å². The maximum atomic E-state index is 15.3. The average Bonchev–Trinajstić information content (AvgIpc) is 3.42. The van der Waals surface area contributed by atoms with Crippen LogP contribution in [0.25, 0.3) is 33.2 Å². The van der Waals surface area contributed by atoms with Crippen molar-refractivity contribution in [3.8, 4) is 16.8 Å². The number of aliphatic hydroxyl groups excluding tert-OH is 1. The second-order valence-electron chi connectivity index (χ2n) is 11.1. The molecule has 0 atom stereocenters. The molecule has 9 nitrogen and oxygen atoms in total. The van der Waals surface area contributed by atoms with Gasteiger partial charge in [-0.2, -0.15) is 0 Å². The molecule has 7 rings (SSSR count). The topological polar surface area (TPSA) is 96.8 Å². The van der Waals surface area contributed by atoms with Crippen molar-refractivity contribution >= 4 is 27.9 Å². The van der Waals surface area contributed by atoms with Crippen LogP contribution in [0, 0.1) is 5.82 Å². The number of benzene rings is 2. The van der Waals surface area contributed by atoms with Crippen LogP contribution in [-0.2, 0) is 26.6 Å². The van der Waals surface area contributed by atoms with Crippen molar-refractivity contribution < 1.29 is 9.50 Å². The lowest BCUT2D eigenvalue weighted by Gasteiger charge is -2.27. The summed E-state index contributed by atoms with van der Waals surface area (Å²) in [6.45, 7) is 4.44. The van der Waals surface area contributed by atoms with Gasteiger partial charge in [-0.15, -0.1) is 0 Å². The Morgan fingerprint density at radius 2 is 1.84 bits per heavy atom. The van der Waals surface area contributed by atoms with Crippen LogP contribution in [0.3, 0.4) is 0 Å². The van der Waals surface area contributed by atoms with E-state index in [1.807, 2.05) is 36.4 Å². The van der Waals surface area contributed by atoms with Crippen molar-refractivity contribution in [1.82, 2.24) is 23.4 Å². The Morgan fingerprint density at radius 3 is 2.66 bits per heavy atom. The Labute approximate surface area is 252 Å². The van der Waals surface area contributed by atoms with Gasteiger partial charge in [0.15, 0.2) is 0 Å². The van der Waals surface area contributed by atoms with Crippen LogP contribution < -0.4 is 16.4 Å². The van der Waals surface area contributed by atoms with Crippen LogP contribution in [0.15, 0.2) is 88.8 Å². The van der Waals surface area contributed by atoms with Gasteiger partial charge in [0, 0.05) is 67.4 Å². The molecule has 10 heteroatoms. The van der Waals surface area contributed by atoms with Gasteiger partial charge in [-0.25, -0.2) is 9.37 Å². The molecule has 6 aromatic rings. The number of halogens is 1. The molecule has 2 N–H and O–H groups in total. The number of likely N-dealkylation sites (N-methyl/N-ethyl adjacent to an activating group) is 1. The third-order valence-corrected chi connectivity index (χ3v) is 8.49. The first kappa shape index (κ1) is 27.8. The van der Waals surface area contributed by atoms with Crippen LogP contribution in [0.5, 0.6) is 0 Å². The number of pyridine rings is 2. The number of aliphatic hydroxyl groups is 1. The first-order chi connectivity index (χ1) is 21.3. The number of rotatable bonds is 6. The van der Waals surface area contributed by atoms with Gasteiger partial charge in [-0.05, 0) is 54.1 Å². The molecule has 4 aromatic heterocycles. The molecule has 0 unspecified atom stereocenters. The number of hydrogen-bond acceptors (Lipinski definition) is 6. The largest absolute Gasteiger partial charge is 0.392 e. The fourth-order valence-corrected chi connectivity index (χ4v) is 6.18. The lowest BCUT2D eigenvalue weighted by atomic mass is 9.98. The summed E-state index contributed by atoms with van der Waals surface area (Å²) in [6.07, 6.45) is 5.75. The molecule has 1 aliphatic heterocycles. The highest BCUT2D eigenvalue weighted by Crippen LogP contribution is 2.31. The van der Waals surface area contributed by atoms with E-state index in [1.165, 1.54) is 26.8 Å². The normalized spacial score (nSPS) is 13.5. The minimum absolute atomic E-state index is 0.223. The molecule has 0 spiro atoms. The van der Waals surface area contributed by atoms with E-state index in [4.69, 9.17) is 4.98 Å². The molecule has 0 bridgehead atoms. The second kappa shape index (κ2) is 10.9. The van der Waals surface area contributed by atoms with E-state index >= 15 is 4.39 Å². The standard InChI is InChI=1S/C34H31FN6O3/c1-3-39-11-10-27-22(19-39)8-9-32(36-27)37-28-14-23(18-38(2)33(28)43)25-16-24(35)17-30(26(25)20-42)41-13-12-40-29-7-5-4-6-21(29)15-31(40)34(41)44/h4-9,12-18,42H,3,10-11,19-20H2,1-2H3,(H,36,37). The van der Waals surface area contributed by atoms with Crippen molar-refractivity contribution in [2.75, 3.05) is 18.4 Å². The summed E-state index contributed by atoms with van der Waals surface area (Å²) in [5.41, 5.74) is 4.56. The predicted octanol–water partition coefficient (Wildman–Crippen LogP) is 4.76. The van der Waals surface area contributed by atoms with Crippen LogP contribution in [0.1, 0.15) is 23.7 Å². The third kappa shape index (κ3) is 4.68. The number of fused-ring (bicyclic) bond motifs is 4. The SMILES string of the molecule is CCN1CCc2nc(Nc3cc(-c4cc(F)cc(-n5ccn6c(cc7ccccc76)c5=O)c4CO)cn(C)c3=O)ccc2C1. The van der Waals surface area contributed by atoms with Crippen LogP contribution in [0.2, 0.25) is 0 Å². The zero-order valence-electron chi connectivity index (χ0n) is 24.4. The summed E-state index contributed by atoms with van der Waals surface area (Å²) in [6, 6.07) is 17.5. The smallest absolute Gasteiger partial charge is 0.279 e. The van der Waals surface area contributed by atoms with E-state index in [1.54, 1.807) is 42.2 Å². The molecule has 0 saturated heterocycles. The summed E-state index contributed by atoms with van der Waals surface area (Å²) in [4.78, 5) is 34.0. The molecule has 0 radical (unpaired) electrons. The van der Waals surface area contributed by atoms with Gasteiger partial charge in [-0.1, -0.05) is 31.2 Å². The highest BCUT2D eigenvalue weighted by molar-refractivity contribution is 5.87. The minimum atomic E-state index is -0.583. The highest BCUT2D eigenvalue weighted by Gasteiger charge is 2.20. The molecular formula is C34H31FN6O3. The average molecular weight is 591 g/mol. The van der Waals surface area contributed by atoms with Crippen LogP contribution >= 0.6 is 0 Å². The van der Waals surface area contributed by atoms with E-state index < -0.39 is 12.4 Å². The number of nitrogens with one attached hydrogen (secondary N) is 1. The van der Waals surface area contributed by atoms with E-state index in [9.17, 15) is 14.7 Å². The molecule has 222 valence electrons. The molecule has 0 saturated carbocycles. The molecule has 0 fully saturated rings. The number of para-hydroxylation sites is 1. The Bertz CT molecular complexity index is 2200. The Morgan fingerprint density at radius 1 is 1.00 bits per heavy atom. The molecule has 5 heterocycles. The van der Waals surface area contributed by atoms with Gasteiger partial charge in [0.2, 0.25) is 0 Å². The number of nitrogens with zero attached hydrogens (tertiary/aromatic N) is 5. The summed E-state index contributed by atoms with van der Waals surface area (Å²) in [7, 11) is 1.62. The minimum Gasteiger partial charge on any atom is -0.392 e. The van der Waals surface area contributed by atoms with Crippen molar-refractivity contribution in [2.45, 2.75) is 26.5 Å². The molecular weight excluding hydrogens is 559 g/mol. The summed E-state index contributed by atoms with van der Waals surface area (Å²) in [5.74, 6) is -0.0370. The lowest BCUT2D eigenvalue weighted by Crippen LogP contribution is -2.30. The van der Waals surface area contributed by atoms with Gasteiger partial charge in [0.25, 0.3) is 11.1 Å². The summed E-state index contributed by atoms with van der Waals surface area (Å²) < 4.78 is 19.8. The summed E-state index contributed by atoms with van der Waals surface area (Å²) in [5, 5.41) is 14.6. The first-order valence-electron chi connectivity index (χ1n) is 14.6. The third-order valence-electron chi connectivity index (χ3n) is 8.49. The maximum absolute atomic E-state index is 15.3. The van der Waals surface area contributed by atoms with Crippen molar-refractivity contribution in [3.05, 3.63) is 123 Å². The number of anilines is 2. The van der Waals surface area contributed by atoms with E-state index in [0.717, 1.165) is 42.7 Å². The van der Waals surface area contributed by atoms with Crippen LogP contribution in [0.4, 0.5) is 15.9 Å². The number of aromatic nitrogens is 4. The molecule has 44 heavy (non-hydrogen) atoms. The van der Waals surface area contributed by atoms with Crippen LogP contribution in [-0.4, -0.2) is 41.6 Å². The molecule has 1 aliphatic rings. The Kier molecular flexibility index (Phi) is 6.87. The Hall–Kier alpha value is -5.06. The van der Waals surface area contributed by atoms with Gasteiger partial charge in [0.1, 0.15) is 22.8 Å². The number of aryl methyl sites for hydroxylation is 1. The van der Waals surface area contributed by atoms with Gasteiger partial charge in [0.05, 0.1) is 17.8 Å². The zero-order chi connectivity index (χ0) is 30.5. The van der Waals surface area contributed by atoms with E-state index in [2.05, 4.69) is 17.1 Å². The maximum Gasteiger partial charge on any atom is 0.279 e. The van der Waals surface area contributed by atoms with Gasteiger partial charge in [-0.3, -0.25) is 19.1 Å². The Balaban J connectivity index is 1.32. The van der Waals surface area contributed by atoms with Gasteiger partial charge >= 0.3 is 0 Å². The van der Waals surface area contributed by atoms with Gasteiger partial charge < -0.3 is 19.4 Å². The molecule has 0 amide bonds. The summed E-state index contributed by atoms with van der Waals surface area (Å²) >= 11 is 0. The van der Waals surface area contributed by atoms with E-state index in [-0.39, 0.29) is 22.5 Å². The lowest BCUT2D eigenvalue weighted by molar-refractivity contribution is 0.266. The van der Waals surface area contributed by atoms with Crippen molar-refractivity contribution in [2.24, 2.45) is 7.05 Å². The monoisotopic (exact) mass is 590 g/mol. The second-order valence-corrected chi connectivity index (χ2v) is 11.1. The molecule has 2 aromatic carbocycles. The highest BCUT2D eigenvalue weighted by atomic mass is 19.1. The fraction of sp³-hybridized carbons (Fsp3) is 0.206. The first-order valence-corrected chi connectivity index (χ1v) is 14.6. The quantitative estimate of drug-likeness (QED) is 0.291. The zero-order valence-corrected chi connectivity index (χ0v) is 24.4. The predicted molar refractivity (Wildman–Crippen MR) is 169 cm³/mol. The fourth-order valence-electron chi connectivity index (χ4n) is 6.18. The molecule has 0 aliphatic carbocycles. The van der Waals surface area contributed by atoms with E-state index in [0.29, 0.717) is 28.0 Å². The van der Waals surface area contributed by atoms with Crippen molar-refractivity contribution in [3.63, 3.8) is 0 Å². The number of hydrogen-bond donors (Lipinski definition) is 2.